The highest BCUT2D eigenvalue weighted by Gasteiger charge is 2.39. The highest BCUT2D eigenvalue weighted by Crippen LogP contribution is 2.39. The molecule has 126 valence electrons. The number of thiazole rings is 1. The molecule has 3 N–H and O–H groups in total. The Bertz CT molecular complexity index is 444. The molecule has 0 spiro atoms. The number of hydrogen-bond donors (Lipinski definition) is 2. The molecule has 0 aromatic carbocycles. The average molecular weight is 366 g/mol. The molecular weight excluding hydrogens is 341 g/mol. The maximum atomic E-state index is 12.2. The molecule has 7 heteroatoms. The van der Waals surface area contributed by atoms with E-state index in [9.17, 15) is 4.79 Å². The van der Waals surface area contributed by atoms with E-state index >= 15 is 0 Å². The molecule has 0 radical (unpaired) electrons. The summed E-state index contributed by atoms with van der Waals surface area (Å²) in [5, 5.41) is 5.30. The van der Waals surface area contributed by atoms with E-state index in [0.717, 1.165) is 25.0 Å². The molecule has 0 aliphatic heterocycles. The summed E-state index contributed by atoms with van der Waals surface area (Å²) in [6.45, 7) is 0. The lowest BCUT2D eigenvalue weighted by atomic mass is 9.67. The van der Waals surface area contributed by atoms with Crippen molar-refractivity contribution in [2.45, 2.75) is 57.0 Å². The zero-order chi connectivity index (χ0) is 13.9. The summed E-state index contributed by atoms with van der Waals surface area (Å²) >= 11 is 1.58. The minimum Gasteiger partial charge on any atom is -0.353 e. The zero-order valence-corrected chi connectivity index (χ0v) is 15.0. The van der Waals surface area contributed by atoms with Gasteiger partial charge in [-0.05, 0) is 43.9 Å². The summed E-state index contributed by atoms with van der Waals surface area (Å²) in [6.07, 6.45) is 7.19. The number of carbonyl (C=O) groups is 1. The number of carbonyl (C=O) groups excluding carboxylic acids is 1. The van der Waals surface area contributed by atoms with Crippen LogP contribution in [0.3, 0.4) is 0 Å². The Kier molecular flexibility index (Phi) is 8.11. The Morgan fingerprint density at radius 3 is 2.59 bits per heavy atom. The van der Waals surface area contributed by atoms with Gasteiger partial charge in [-0.15, -0.1) is 36.2 Å². The Morgan fingerprint density at radius 2 is 2.00 bits per heavy atom. The first-order valence-electron chi connectivity index (χ1n) is 7.64. The molecule has 2 unspecified atom stereocenters. The van der Waals surface area contributed by atoms with Gasteiger partial charge in [-0.3, -0.25) is 4.79 Å². The first-order valence-corrected chi connectivity index (χ1v) is 8.58. The average Bonchev–Trinajstić information content (AvgIpc) is 2.91. The Balaban J connectivity index is 0.00000121. The molecule has 1 heterocycles. The standard InChI is InChI=1S/C15H23N3OS.2ClH/c16-12-6-10-2-1-3-11(7-12)15(10)18-14(19)5-4-13-8-20-9-17-13;;/h8-12,15H,1-7,16H2,(H,18,19);2*1H. The molecule has 2 fully saturated rings. The molecule has 0 saturated heterocycles. The Labute approximate surface area is 148 Å². The second-order valence-corrected chi connectivity index (χ2v) is 6.97. The van der Waals surface area contributed by atoms with Crippen molar-refractivity contribution >= 4 is 42.1 Å². The summed E-state index contributed by atoms with van der Waals surface area (Å²) in [4.78, 5) is 16.4. The van der Waals surface area contributed by atoms with E-state index in [1.165, 1.54) is 19.3 Å². The molecule has 2 aliphatic rings. The van der Waals surface area contributed by atoms with Crippen molar-refractivity contribution in [3.63, 3.8) is 0 Å². The maximum Gasteiger partial charge on any atom is 0.220 e. The van der Waals surface area contributed by atoms with Crippen molar-refractivity contribution in [2.75, 3.05) is 0 Å². The molecule has 1 aromatic rings. The number of nitrogens with one attached hydrogen (secondary N) is 1. The summed E-state index contributed by atoms with van der Waals surface area (Å²) in [6, 6.07) is 0.708. The number of halogens is 2. The number of rotatable bonds is 4. The van der Waals surface area contributed by atoms with Crippen LogP contribution in [0.2, 0.25) is 0 Å². The van der Waals surface area contributed by atoms with E-state index in [1.807, 2.05) is 10.9 Å². The third kappa shape index (κ3) is 4.82. The molecule has 4 nitrogen and oxygen atoms in total. The quantitative estimate of drug-likeness (QED) is 0.861. The van der Waals surface area contributed by atoms with Gasteiger partial charge in [-0.25, -0.2) is 4.98 Å². The van der Waals surface area contributed by atoms with Gasteiger partial charge in [0, 0.05) is 23.9 Å². The minimum absolute atomic E-state index is 0. The number of amides is 1. The van der Waals surface area contributed by atoms with Gasteiger partial charge in [0.2, 0.25) is 5.91 Å². The van der Waals surface area contributed by atoms with Crippen molar-refractivity contribution in [3.8, 4) is 0 Å². The lowest BCUT2D eigenvalue weighted by Gasteiger charge is -2.45. The van der Waals surface area contributed by atoms with E-state index < -0.39 is 0 Å². The summed E-state index contributed by atoms with van der Waals surface area (Å²) in [7, 11) is 0. The fraction of sp³-hybridized carbons (Fsp3) is 0.733. The van der Waals surface area contributed by atoms with Crippen LogP contribution in [-0.4, -0.2) is 23.0 Å². The minimum atomic E-state index is 0. The highest BCUT2D eigenvalue weighted by molar-refractivity contribution is 7.07. The molecule has 2 aliphatic carbocycles. The van der Waals surface area contributed by atoms with Gasteiger partial charge in [-0.2, -0.15) is 0 Å². The van der Waals surface area contributed by atoms with Crippen LogP contribution in [0.15, 0.2) is 10.9 Å². The zero-order valence-electron chi connectivity index (χ0n) is 12.6. The van der Waals surface area contributed by atoms with Gasteiger partial charge in [-0.1, -0.05) is 6.42 Å². The number of aryl methyl sites for hydroxylation is 1. The molecule has 2 bridgehead atoms. The van der Waals surface area contributed by atoms with Crippen LogP contribution in [0.1, 0.15) is 44.2 Å². The topological polar surface area (TPSA) is 68.0 Å². The van der Waals surface area contributed by atoms with E-state index in [2.05, 4.69) is 10.3 Å². The predicted molar refractivity (Wildman–Crippen MR) is 94.9 cm³/mol. The smallest absolute Gasteiger partial charge is 0.220 e. The van der Waals surface area contributed by atoms with Crippen LogP contribution in [-0.2, 0) is 11.2 Å². The van der Waals surface area contributed by atoms with Crippen LogP contribution in [0.4, 0.5) is 0 Å². The third-order valence-electron chi connectivity index (χ3n) is 4.80. The SMILES string of the molecule is Cl.Cl.NC1CC2CCCC(C1)C2NC(=O)CCc1cscn1. The molecule has 2 saturated carbocycles. The molecule has 3 rings (SSSR count). The van der Waals surface area contributed by atoms with Gasteiger partial charge in [0.25, 0.3) is 0 Å². The van der Waals surface area contributed by atoms with Gasteiger partial charge in [0.15, 0.2) is 0 Å². The monoisotopic (exact) mass is 365 g/mol. The summed E-state index contributed by atoms with van der Waals surface area (Å²) in [5.74, 6) is 1.37. The number of hydrogen-bond acceptors (Lipinski definition) is 4. The van der Waals surface area contributed by atoms with E-state index in [1.54, 1.807) is 11.3 Å². The molecule has 22 heavy (non-hydrogen) atoms. The largest absolute Gasteiger partial charge is 0.353 e. The van der Waals surface area contributed by atoms with E-state index in [0.29, 0.717) is 30.3 Å². The third-order valence-corrected chi connectivity index (χ3v) is 5.43. The van der Waals surface area contributed by atoms with Crippen LogP contribution in [0.5, 0.6) is 0 Å². The molecule has 1 aromatic heterocycles. The fourth-order valence-corrected chi connectivity index (χ4v) is 4.48. The van der Waals surface area contributed by atoms with Crippen molar-refractivity contribution in [1.82, 2.24) is 10.3 Å². The van der Waals surface area contributed by atoms with Gasteiger partial charge in [0.05, 0.1) is 11.2 Å². The Hall–Kier alpha value is -0.360. The van der Waals surface area contributed by atoms with Crippen LogP contribution < -0.4 is 11.1 Å². The maximum absolute atomic E-state index is 12.2. The number of nitrogens with two attached hydrogens (primary N) is 1. The number of aromatic nitrogens is 1. The van der Waals surface area contributed by atoms with Crippen molar-refractivity contribution < 1.29 is 4.79 Å². The van der Waals surface area contributed by atoms with Crippen LogP contribution in [0.25, 0.3) is 0 Å². The van der Waals surface area contributed by atoms with Gasteiger partial charge < -0.3 is 11.1 Å². The summed E-state index contributed by atoms with van der Waals surface area (Å²) < 4.78 is 0. The normalized spacial score (nSPS) is 29.9. The molecular formula is C15H25Cl2N3OS. The number of fused-ring (bicyclic) bond motifs is 2. The second kappa shape index (κ2) is 9.06. The lowest BCUT2D eigenvalue weighted by Crippen LogP contribution is -2.53. The highest BCUT2D eigenvalue weighted by atomic mass is 35.5. The second-order valence-electron chi connectivity index (χ2n) is 6.26. The van der Waals surface area contributed by atoms with Crippen LogP contribution >= 0.6 is 36.2 Å². The van der Waals surface area contributed by atoms with E-state index in [-0.39, 0.29) is 30.7 Å². The number of nitrogens with zero attached hydrogens (tertiary/aromatic N) is 1. The Morgan fingerprint density at radius 1 is 1.32 bits per heavy atom. The van der Waals surface area contributed by atoms with Crippen molar-refractivity contribution in [3.05, 3.63) is 16.6 Å². The van der Waals surface area contributed by atoms with Gasteiger partial charge in [0.1, 0.15) is 0 Å². The van der Waals surface area contributed by atoms with Crippen molar-refractivity contribution in [2.24, 2.45) is 17.6 Å². The molecule has 2 atom stereocenters. The fourth-order valence-electron chi connectivity index (χ4n) is 3.89. The molecule has 1 amide bonds. The van der Waals surface area contributed by atoms with Gasteiger partial charge >= 0.3 is 0 Å². The first-order chi connectivity index (χ1) is 9.72. The predicted octanol–water partition coefficient (Wildman–Crippen LogP) is 2.94. The summed E-state index contributed by atoms with van der Waals surface area (Å²) in [5.41, 5.74) is 8.96. The van der Waals surface area contributed by atoms with Crippen LogP contribution in [0, 0.1) is 11.8 Å². The van der Waals surface area contributed by atoms with Crippen molar-refractivity contribution in [1.29, 1.82) is 0 Å². The van der Waals surface area contributed by atoms with E-state index in [4.69, 9.17) is 5.73 Å². The lowest BCUT2D eigenvalue weighted by molar-refractivity contribution is -0.123. The first kappa shape index (κ1) is 19.7.